The summed E-state index contributed by atoms with van der Waals surface area (Å²) in [6.07, 6.45) is 2.82. The number of hydrogen-bond acceptors (Lipinski definition) is 4. The maximum absolute atomic E-state index is 14.7. The molecule has 7 heteroatoms. The Morgan fingerprint density at radius 1 is 1.12 bits per heavy atom. The van der Waals surface area contributed by atoms with Crippen LogP contribution in [-0.2, 0) is 16.9 Å². The highest BCUT2D eigenvalue weighted by Gasteiger charge is 2.19. The van der Waals surface area contributed by atoms with Crippen LogP contribution >= 0.6 is 0 Å². The normalized spacial score (nSPS) is 11.9. The van der Waals surface area contributed by atoms with Gasteiger partial charge in [0.15, 0.2) is 9.84 Å². The first-order chi connectivity index (χ1) is 11.6. The Morgan fingerprint density at radius 3 is 2.40 bits per heavy atom. The van der Waals surface area contributed by atoms with Crippen LogP contribution in [0.25, 0.3) is 11.0 Å². The molecule has 2 aromatic carbocycles. The molecular formula is C18H20FN3O2S. The van der Waals surface area contributed by atoms with Crippen LogP contribution in [-0.4, -0.2) is 31.3 Å². The summed E-state index contributed by atoms with van der Waals surface area (Å²) >= 11 is 0. The second kappa shape index (κ2) is 5.84. The van der Waals surface area contributed by atoms with Crippen molar-refractivity contribution < 1.29 is 12.8 Å². The first-order valence-electron chi connectivity index (χ1n) is 7.75. The van der Waals surface area contributed by atoms with E-state index in [4.69, 9.17) is 0 Å². The Kier molecular flexibility index (Phi) is 4.07. The highest BCUT2D eigenvalue weighted by atomic mass is 32.2. The van der Waals surface area contributed by atoms with Gasteiger partial charge in [0.05, 0.1) is 27.9 Å². The summed E-state index contributed by atoms with van der Waals surface area (Å²) in [5, 5.41) is 0. The van der Waals surface area contributed by atoms with Crippen LogP contribution in [0.5, 0.6) is 0 Å². The van der Waals surface area contributed by atoms with E-state index in [1.165, 1.54) is 6.07 Å². The number of halogens is 1. The maximum Gasteiger partial charge on any atom is 0.175 e. The van der Waals surface area contributed by atoms with Gasteiger partial charge in [0, 0.05) is 26.0 Å². The number of sulfone groups is 1. The molecule has 0 amide bonds. The maximum atomic E-state index is 14.7. The largest absolute Gasteiger partial charge is 0.342 e. The molecule has 0 unspecified atom stereocenters. The average Bonchev–Trinajstić information content (AvgIpc) is 2.87. The molecule has 3 aromatic rings. The molecule has 0 saturated heterocycles. The number of aryl methyl sites for hydroxylation is 3. The van der Waals surface area contributed by atoms with Crippen LogP contribution in [0.4, 0.5) is 15.8 Å². The van der Waals surface area contributed by atoms with Crippen LogP contribution < -0.4 is 4.90 Å². The van der Waals surface area contributed by atoms with Crippen molar-refractivity contribution >= 4 is 32.2 Å². The number of fused-ring (bicyclic) bond motifs is 1. The molecule has 0 atom stereocenters. The monoisotopic (exact) mass is 361 g/mol. The summed E-state index contributed by atoms with van der Waals surface area (Å²) in [4.78, 5) is 6.08. The van der Waals surface area contributed by atoms with Crippen molar-refractivity contribution in [2.75, 3.05) is 18.2 Å². The number of nitrogens with zero attached hydrogens (tertiary/aromatic N) is 3. The van der Waals surface area contributed by atoms with Gasteiger partial charge in [-0.2, -0.15) is 0 Å². The molecule has 3 rings (SSSR count). The van der Waals surface area contributed by atoms with E-state index in [9.17, 15) is 12.8 Å². The smallest absolute Gasteiger partial charge is 0.175 e. The van der Waals surface area contributed by atoms with Gasteiger partial charge >= 0.3 is 0 Å². The van der Waals surface area contributed by atoms with E-state index in [1.54, 1.807) is 25.2 Å². The zero-order valence-corrected chi connectivity index (χ0v) is 15.6. The predicted molar refractivity (Wildman–Crippen MR) is 97.8 cm³/mol. The summed E-state index contributed by atoms with van der Waals surface area (Å²) in [5.41, 5.74) is 4.57. The Bertz CT molecular complexity index is 1060. The van der Waals surface area contributed by atoms with E-state index in [0.29, 0.717) is 11.3 Å². The number of hydrogen-bond donors (Lipinski definition) is 0. The average molecular weight is 361 g/mol. The summed E-state index contributed by atoms with van der Waals surface area (Å²) in [5.74, 6) is -0.564. The zero-order chi connectivity index (χ0) is 18.5. The van der Waals surface area contributed by atoms with Gasteiger partial charge in [-0.25, -0.2) is 17.8 Å². The Hall–Kier alpha value is -2.41. The zero-order valence-electron chi connectivity index (χ0n) is 14.8. The minimum atomic E-state index is -3.46. The molecule has 0 radical (unpaired) electrons. The van der Waals surface area contributed by atoms with Crippen LogP contribution in [0.15, 0.2) is 35.5 Å². The minimum absolute atomic E-state index is 0.0158. The van der Waals surface area contributed by atoms with Gasteiger partial charge in [-0.05, 0) is 49.2 Å². The lowest BCUT2D eigenvalue weighted by Gasteiger charge is -2.23. The summed E-state index contributed by atoms with van der Waals surface area (Å²) in [6.45, 7) is 3.67. The molecule has 0 bridgehead atoms. The first-order valence-corrected chi connectivity index (χ1v) is 9.64. The first kappa shape index (κ1) is 17.4. The lowest BCUT2D eigenvalue weighted by atomic mass is 10.1. The van der Waals surface area contributed by atoms with Gasteiger partial charge in [-0.3, -0.25) is 0 Å². The lowest BCUT2D eigenvalue weighted by Crippen LogP contribution is -2.14. The van der Waals surface area contributed by atoms with Crippen molar-refractivity contribution in [3.63, 3.8) is 0 Å². The van der Waals surface area contributed by atoms with E-state index in [0.717, 1.165) is 34.6 Å². The van der Waals surface area contributed by atoms with E-state index < -0.39 is 15.7 Å². The number of benzene rings is 2. The second-order valence-corrected chi connectivity index (χ2v) is 8.40. The van der Waals surface area contributed by atoms with Gasteiger partial charge in [0.2, 0.25) is 0 Å². The number of rotatable bonds is 3. The third-order valence-electron chi connectivity index (χ3n) is 4.38. The van der Waals surface area contributed by atoms with E-state index in [2.05, 4.69) is 4.98 Å². The molecule has 0 fully saturated rings. The van der Waals surface area contributed by atoms with Crippen molar-refractivity contribution in [2.24, 2.45) is 7.05 Å². The molecule has 0 aliphatic carbocycles. The van der Waals surface area contributed by atoms with Crippen LogP contribution in [0.3, 0.4) is 0 Å². The third kappa shape index (κ3) is 3.00. The van der Waals surface area contributed by atoms with Crippen molar-refractivity contribution in [3.8, 4) is 0 Å². The molecule has 25 heavy (non-hydrogen) atoms. The number of anilines is 2. The third-order valence-corrected chi connectivity index (χ3v) is 5.48. The van der Waals surface area contributed by atoms with Gasteiger partial charge in [-0.1, -0.05) is 0 Å². The quantitative estimate of drug-likeness (QED) is 0.716. The minimum Gasteiger partial charge on any atom is -0.342 e. The topological polar surface area (TPSA) is 55.2 Å². The Balaban J connectivity index is 2.16. The van der Waals surface area contributed by atoms with Crippen molar-refractivity contribution in [1.82, 2.24) is 9.55 Å². The highest BCUT2D eigenvalue weighted by molar-refractivity contribution is 7.90. The lowest BCUT2D eigenvalue weighted by molar-refractivity contribution is 0.595. The molecule has 1 heterocycles. The van der Waals surface area contributed by atoms with Crippen LogP contribution in [0.1, 0.15) is 11.1 Å². The standard InChI is InChI=1S/C18H20FN3O2S/c1-11-6-13(8-16-17(11)20-10-21(16)3)22(4)18-12(2)7-14(9-15(18)19)25(5,23)24/h6-10H,1-5H3. The second-order valence-electron chi connectivity index (χ2n) is 6.39. The van der Waals surface area contributed by atoms with Crippen LogP contribution in [0, 0.1) is 19.7 Å². The van der Waals surface area contributed by atoms with Gasteiger partial charge in [0.1, 0.15) is 5.82 Å². The van der Waals surface area contributed by atoms with Crippen molar-refractivity contribution in [1.29, 1.82) is 0 Å². The van der Waals surface area contributed by atoms with Gasteiger partial charge in [0.25, 0.3) is 0 Å². The number of aromatic nitrogens is 2. The summed E-state index contributed by atoms with van der Waals surface area (Å²) in [6, 6.07) is 6.46. The van der Waals surface area contributed by atoms with Crippen molar-refractivity contribution in [3.05, 3.63) is 47.5 Å². The molecular weight excluding hydrogens is 341 g/mol. The molecule has 132 valence electrons. The van der Waals surface area contributed by atoms with E-state index in [-0.39, 0.29) is 4.90 Å². The SMILES string of the molecule is Cc1cc(S(C)(=O)=O)cc(F)c1N(C)c1cc(C)c2ncn(C)c2c1. The van der Waals surface area contributed by atoms with E-state index in [1.807, 2.05) is 30.7 Å². The fourth-order valence-electron chi connectivity index (χ4n) is 3.05. The fourth-order valence-corrected chi connectivity index (χ4v) is 3.76. The predicted octanol–water partition coefficient (Wildman–Crippen LogP) is 3.50. The molecule has 0 spiro atoms. The highest BCUT2D eigenvalue weighted by Crippen LogP contribution is 2.34. The molecule has 0 aliphatic heterocycles. The Labute approximate surface area is 146 Å². The fraction of sp³-hybridized carbons (Fsp3) is 0.278. The molecule has 0 aliphatic rings. The van der Waals surface area contributed by atoms with Gasteiger partial charge in [-0.15, -0.1) is 0 Å². The Morgan fingerprint density at radius 2 is 1.80 bits per heavy atom. The molecule has 1 aromatic heterocycles. The summed E-state index contributed by atoms with van der Waals surface area (Å²) < 4.78 is 40.0. The van der Waals surface area contributed by atoms with Gasteiger partial charge < -0.3 is 9.47 Å². The van der Waals surface area contributed by atoms with Crippen molar-refractivity contribution in [2.45, 2.75) is 18.7 Å². The van der Waals surface area contributed by atoms with E-state index >= 15 is 0 Å². The number of imidazole rings is 1. The van der Waals surface area contributed by atoms with Crippen LogP contribution in [0.2, 0.25) is 0 Å². The molecule has 0 saturated carbocycles. The molecule has 5 nitrogen and oxygen atoms in total. The summed E-state index contributed by atoms with van der Waals surface area (Å²) in [7, 11) is 0.216. The molecule has 0 N–H and O–H groups in total.